The van der Waals surface area contributed by atoms with Crippen LogP contribution in [0.1, 0.15) is 44.6 Å². The number of likely N-dealkylation sites (tertiary alicyclic amines) is 1. The monoisotopic (exact) mass is 562 g/mol. The van der Waals surface area contributed by atoms with Crippen molar-refractivity contribution in [2.75, 3.05) is 30.8 Å². The van der Waals surface area contributed by atoms with Crippen LogP contribution in [-0.2, 0) is 9.53 Å². The number of halogens is 3. The molecule has 0 radical (unpaired) electrons. The van der Waals surface area contributed by atoms with Gasteiger partial charge in [-0.3, -0.25) is 9.36 Å². The number of nitrogens with zero attached hydrogens (tertiary/aromatic N) is 5. The number of anilines is 3. The van der Waals surface area contributed by atoms with E-state index in [1.54, 1.807) is 11.1 Å². The zero-order valence-electron chi connectivity index (χ0n) is 21.3. The molecule has 14 heteroatoms. The first kappa shape index (κ1) is 26.9. The maximum Gasteiger partial charge on any atom is 0.409 e. The number of imidazole rings is 1. The van der Waals surface area contributed by atoms with Gasteiger partial charge in [0.1, 0.15) is 5.52 Å². The maximum atomic E-state index is 14.7. The second-order valence-electron chi connectivity index (χ2n) is 9.86. The molecule has 5 rings (SSSR count). The van der Waals surface area contributed by atoms with Crippen molar-refractivity contribution in [3.05, 3.63) is 35.0 Å². The summed E-state index contributed by atoms with van der Waals surface area (Å²) in [6.07, 6.45) is 5.20. The molecule has 1 aliphatic carbocycles. The number of amides is 2. The lowest BCUT2D eigenvalue weighted by atomic mass is 9.85. The van der Waals surface area contributed by atoms with Gasteiger partial charge in [-0.25, -0.2) is 23.5 Å². The molecule has 4 N–H and O–H groups in total. The molecule has 11 nitrogen and oxygen atoms in total. The number of hydrogen-bond donors (Lipinski definition) is 3. The molecular formula is C25H29ClF2N8O3. The minimum atomic E-state index is -1.16. The lowest BCUT2D eigenvalue weighted by molar-refractivity contribution is -0.122. The van der Waals surface area contributed by atoms with Gasteiger partial charge in [-0.2, -0.15) is 4.98 Å². The summed E-state index contributed by atoms with van der Waals surface area (Å²) in [4.78, 5) is 39.0. The first-order chi connectivity index (χ1) is 18.7. The third-order valence-corrected chi connectivity index (χ3v) is 7.66. The van der Waals surface area contributed by atoms with Gasteiger partial charge in [-0.1, -0.05) is 11.6 Å². The number of primary amides is 1. The fourth-order valence-corrected chi connectivity index (χ4v) is 5.47. The zero-order valence-corrected chi connectivity index (χ0v) is 22.0. The Balaban J connectivity index is 1.48. The number of benzene rings is 1. The highest BCUT2D eigenvalue weighted by Crippen LogP contribution is 2.37. The summed E-state index contributed by atoms with van der Waals surface area (Å²) in [5.41, 5.74) is 6.34. The van der Waals surface area contributed by atoms with Crippen LogP contribution in [0.25, 0.3) is 11.2 Å². The van der Waals surface area contributed by atoms with Crippen LogP contribution in [0.2, 0.25) is 5.02 Å². The van der Waals surface area contributed by atoms with Gasteiger partial charge in [-0.05, 0) is 50.7 Å². The Kier molecular flexibility index (Phi) is 7.69. The van der Waals surface area contributed by atoms with E-state index in [4.69, 9.17) is 27.1 Å². The molecule has 1 atom stereocenters. The first-order valence-corrected chi connectivity index (χ1v) is 13.2. The van der Waals surface area contributed by atoms with Crippen molar-refractivity contribution in [1.29, 1.82) is 0 Å². The molecule has 1 saturated carbocycles. The Bertz CT molecular complexity index is 1400. The van der Waals surface area contributed by atoms with Crippen molar-refractivity contribution >= 4 is 52.3 Å². The summed E-state index contributed by atoms with van der Waals surface area (Å²) in [5, 5.41) is 5.87. The predicted molar refractivity (Wildman–Crippen MR) is 141 cm³/mol. The number of nitrogens with one attached hydrogen (secondary N) is 2. The van der Waals surface area contributed by atoms with E-state index < -0.39 is 11.6 Å². The molecule has 1 unspecified atom stereocenters. The van der Waals surface area contributed by atoms with Crippen molar-refractivity contribution in [3.8, 4) is 0 Å². The number of rotatable bonds is 6. The lowest BCUT2D eigenvalue weighted by Crippen LogP contribution is -2.45. The van der Waals surface area contributed by atoms with E-state index in [-0.39, 0.29) is 46.7 Å². The van der Waals surface area contributed by atoms with E-state index in [0.29, 0.717) is 55.9 Å². The number of aromatic nitrogens is 4. The normalized spacial score (nSPS) is 21.5. The molecule has 3 heterocycles. The summed E-state index contributed by atoms with van der Waals surface area (Å²) in [6.45, 7) is 1.06. The molecule has 3 aromatic rings. The van der Waals surface area contributed by atoms with Crippen LogP contribution in [0.4, 0.5) is 31.2 Å². The van der Waals surface area contributed by atoms with Crippen molar-refractivity contribution in [2.24, 2.45) is 11.7 Å². The SMILES string of the molecule is COC(=O)N1CCCC(Nc2ncc3nc(Nc4ccc(Cl)c(F)c4F)n([C@H]4CC[C@@H](C(N)=O)CC4)c3n2)C1. The number of carbonyl (C=O) groups is 2. The minimum absolute atomic E-state index is 0.0820. The van der Waals surface area contributed by atoms with Crippen LogP contribution in [0, 0.1) is 17.6 Å². The molecule has 2 amide bonds. The molecule has 0 bridgehead atoms. The summed E-state index contributed by atoms with van der Waals surface area (Å²) in [7, 11) is 1.35. The fourth-order valence-electron chi connectivity index (χ4n) is 5.33. The molecule has 1 aromatic carbocycles. The van der Waals surface area contributed by atoms with Crippen LogP contribution in [0.3, 0.4) is 0 Å². The molecule has 2 aliphatic rings. The number of methoxy groups -OCH3 is 1. The van der Waals surface area contributed by atoms with Gasteiger partial charge in [-0.15, -0.1) is 0 Å². The van der Waals surface area contributed by atoms with Crippen molar-refractivity contribution in [1.82, 2.24) is 24.4 Å². The fraction of sp³-hybridized carbons (Fsp3) is 0.480. The third kappa shape index (κ3) is 5.54. The van der Waals surface area contributed by atoms with E-state index in [9.17, 15) is 18.4 Å². The summed E-state index contributed by atoms with van der Waals surface area (Å²) < 4.78 is 35.5. The number of carbonyl (C=O) groups excluding carboxylic acids is 2. The standard InChI is InChI=1S/C25H29ClF2N8O3/c1-39-25(38)35-10-2-3-14(12-35)31-23-30-11-18-22(34-23)36(15-6-4-13(5-7-15)21(29)37)24(33-18)32-17-9-8-16(26)19(27)20(17)28/h8-9,11,13-15H,2-7,10,12H2,1H3,(H2,29,37)(H,32,33)(H,30,31,34)/t13-,14?,15+. The van der Waals surface area contributed by atoms with E-state index in [1.807, 2.05) is 4.57 Å². The van der Waals surface area contributed by atoms with Crippen LogP contribution < -0.4 is 16.4 Å². The van der Waals surface area contributed by atoms with Crippen LogP contribution in [-0.4, -0.2) is 62.7 Å². The Morgan fingerprint density at radius 3 is 2.62 bits per heavy atom. The van der Waals surface area contributed by atoms with Gasteiger partial charge in [0.25, 0.3) is 0 Å². The van der Waals surface area contributed by atoms with Crippen molar-refractivity contribution in [3.63, 3.8) is 0 Å². The highest BCUT2D eigenvalue weighted by Gasteiger charge is 2.30. The minimum Gasteiger partial charge on any atom is -0.453 e. The van der Waals surface area contributed by atoms with Gasteiger partial charge in [0, 0.05) is 31.1 Å². The molecule has 1 saturated heterocycles. The van der Waals surface area contributed by atoms with Crippen molar-refractivity contribution in [2.45, 2.75) is 50.6 Å². The Labute approximate surface area is 228 Å². The topological polar surface area (TPSA) is 140 Å². The van der Waals surface area contributed by atoms with Gasteiger partial charge in [0.15, 0.2) is 17.3 Å². The molecule has 0 spiro atoms. The lowest BCUT2D eigenvalue weighted by Gasteiger charge is -2.32. The molecule has 1 aliphatic heterocycles. The van der Waals surface area contributed by atoms with Gasteiger partial charge in [0.2, 0.25) is 17.8 Å². The molecular weight excluding hydrogens is 534 g/mol. The number of nitrogens with two attached hydrogens (primary N) is 1. The van der Waals surface area contributed by atoms with Crippen LogP contribution in [0.5, 0.6) is 0 Å². The number of hydrogen-bond acceptors (Lipinski definition) is 8. The van der Waals surface area contributed by atoms with Crippen molar-refractivity contribution < 1.29 is 23.1 Å². The van der Waals surface area contributed by atoms with Gasteiger partial charge in [0.05, 0.1) is 24.0 Å². The Morgan fingerprint density at radius 2 is 1.90 bits per heavy atom. The van der Waals surface area contributed by atoms with E-state index in [1.165, 1.54) is 19.2 Å². The molecule has 2 fully saturated rings. The summed E-state index contributed by atoms with van der Waals surface area (Å²) in [5.74, 6) is -2.23. The quantitative estimate of drug-likeness (QED) is 0.376. The van der Waals surface area contributed by atoms with Crippen LogP contribution in [0.15, 0.2) is 18.3 Å². The number of piperidine rings is 1. The summed E-state index contributed by atoms with van der Waals surface area (Å²) >= 11 is 5.72. The average molecular weight is 563 g/mol. The second-order valence-corrected chi connectivity index (χ2v) is 10.3. The smallest absolute Gasteiger partial charge is 0.409 e. The Morgan fingerprint density at radius 1 is 1.13 bits per heavy atom. The van der Waals surface area contributed by atoms with E-state index >= 15 is 0 Å². The second kappa shape index (κ2) is 11.2. The highest BCUT2D eigenvalue weighted by molar-refractivity contribution is 6.30. The third-order valence-electron chi connectivity index (χ3n) is 7.37. The summed E-state index contributed by atoms with van der Waals surface area (Å²) in [6, 6.07) is 2.39. The highest BCUT2D eigenvalue weighted by atomic mass is 35.5. The largest absolute Gasteiger partial charge is 0.453 e. The van der Waals surface area contributed by atoms with E-state index in [0.717, 1.165) is 12.8 Å². The number of ether oxygens (including phenoxy) is 1. The molecule has 208 valence electrons. The zero-order chi connectivity index (χ0) is 27.7. The predicted octanol–water partition coefficient (Wildman–Crippen LogP) is 4.36. The first-order valence-electron chi connectivity index (χ1n) is 12.8. The molecule has 2 aromatic heterocycles. The number of fused-ring (bicyclic) bond motifs is 1. The maximum absolute atomic E-state index is 14.7. The van der Waals surface area contributed by atoms with Gasteiger partial charge < -0.3 is 26.0 Å². The Hall–Kier alpha value is -3.74. The average Bonchev–Trinajstić information content (AvgIpc) is 3.30. The van der Waals surface area contributed by atoms with E-state index in [2.05, 4.69) is 20.6 Å². The van der Waals surface area contributed by atoms with Gasteiger partial charge >= 0.3 is 6.09 Å². The molecule has 39 heavy (non-hydrogen) atoms. The van der Waals surface area contributed by atoms with Crippen LogP contribution >= 0.6 is 11.6 Å².